The molecule has 6 nitrogen and oxygen atoms in total. The van der Waals surface area contributed by atoms with Crippen LogP contribution in [0.2, 0.25) is 0 Å². The highest BCUT2D eigenvalue weighted by molar-refractivity contribution is 7.38. The van der Waals surface area contributed by atoms with Gasteiger partial charge in [0, 0.05) is 52.4 Å². The molecular formula is C23H51NO5P2. The molecule has 0 heterocycles. The van der Waals surface area contributed by atoms with Gasteiger partial charge in [0.25, 0.3) is 0 Å². The van der Waals surface area contributed by atoms with E-state index in [9.17, 15) is 0 Å². The van der Waals surface area contributed by atoms with Crippen molar-refractivity contribution in [3.8, 4) is 0 Å². The molecule has 2 N–H and O–H groups in total. The van der Waals surface area contributed by atoms with Crippen LogP contribution in [0.25, 0.3) is 0 Å². The molecule has 188 valence electrons. The molecule has 0 bridgehead atoms. The third kappa shape index (κ3) is 16.8. The SMILES string of the molecule is CCCOC(CPCCC(CN)(CCPCC(OCCC)OCCC)OC)OCCC. The average Bonchev–Trinajstić information content (AvgIpc) is 2.80. The van der Waals surface area contributed by atoms with E-state index in [0.29, 0.717) is 6.54 Å². The highest BCUT2D eigenvalue weighted by atomic mass is 31.1. The minimum absolute atomic E-state index is 0.0716. The lowest BCUT2D eigenvalue weighted by Crippen LogP contribution is -2.41. The van der Waals surface area contributed by atoms with Gasteiger partial charge in [0.2, 0.25) is 0 Å². The Morgan fingerprint density at radius 3 is 1.29 bits per heavy atom. The van der Waals surface area contributed by atoms with Crippen LogP contribution < -0.4 is 5.73 Å². The molecule has 0 aromatic carbocycles. The van der Waals surface area contributed by atoms with Gasteiger partial charge in [-0.25, -0.2) is 0 Å². The standard InChI is InChI=1S/C23H51NO5P2/c1-6-12-26-21(27-13-7-2)18-30-16-10-23(20-24,25-5)11-17-31-19-22(28-14-8-3)29-15-9-4/h21-22,30-31H,6-20,24H2,1-5H3. The molecule has 0 saturated heterocycles. The molecule has 0 radical (unpaired) electrons. The molecular weight excluding hydrogens is 432 g/mol. The minimum atomic E-state index is -0.228. The second-order valence-corrected chi connectivity index (χ2v) is 10.7. The van der Waals surface area contributed by atoms with Crippen molar-refractivity contribution < 1.29 is 23.7 Å². The Morgan fingerprint density at radius 2 is 1.03 bits per heavy atom. The fourth-order valence-electron chi connectivity index (χ4n) is 3.02. The zero-order valence-electron chi connectivity index (χ0n) is 20.9. The fraction of sp³-hybridized carbons (Fsp3) is 1.00. The molecule has 0 amide bonds. The Kier molecular flexibility index (Phi) is 22.9. The summed E-state index contributed by atoms with van der Waals surface area (Å²) >= 11 is 0. The molecule has 31 heavy (non-hydrogen) atoms. The van der Waals surface area contributed by atoms with Gasteiger partial charge in [-0.2, -0.15) is 0 Å². The molecule has 2 atom stereocenters. The molecule has 0 aliphatic heterocycles. The number of hydrogen-bond acceptors (Lipinski definition) is 6. The van der Waals surface area contributed by atoms with Crippen LogP contribution in [-0.2, 0) is 23.7 Å². The van der Waals surface area contributed by atoms with E-state index in [-0.39, 0.29) is 18.2 Å². The van der Waals surface area contributed by atoms with E-state index < -0.39 is 0 Å². The highest BCUT2D eigenvalue weighted by Crippen LogP contribution is 2.28. The lowest BCUT2D eigenvalue weighted by molar-refractivity contribution is -0.127. The molecule has 0 aromatic heterocycles. The lowest BCUT2D eigenvalue weighted by Gasteiger charge is -2.32. The summed E-state index contributed by atoms with van der Waals surface area (Å²) in [5, 5.41) is 0. The first kappa shape index (κ1) is 31.6. The number of nitrogens with two attached hydrogens (primary N) is 1. The zero-order valence-corrected chi connectivity index (χ0v) is 22.9. The van der Waals surface area contributed by atoms with E-state index >= 15 is 0 Å². The molecule has 0 rings (SSSR count). The Hall–Kier alpha value is 0.620. The van der Waals surface area contributed by atoms with Gasteiger partial charge in [0.15, 0.2) is 12.6 Å². The number of hydrogen-bond donors (Lipinski definition) is 1. The Morgan fingerprint density at radius 1 is 0.677 bits per heavy atom. The van der Waals surface area contributed by atoms with Crippen LogP contribution in [-0.4, -0.2) is 82.9 Å². The van der Waals surface area contributed by atoms with Gasteiger partial charge in [0.05, 0.1) is 5.60 Å². The van der Waals surface area contributed by atoms with Crippen molar-refractivity contribution in [1.82, 2.24) is 0 Å². The normalized spacial score (nSPS) is 14.7. The molecule has 8 heteroatoms. The van der Waals surface area contributed by atoms with Gasteiger partial charge in [0.1, 0.15) is 0 Å². The van der Waals surface area contributed by atoms with E-state index in [1.54, 1.807) is 7.11 Å². The lowest BCUT2D eigenvalue weighted by atomic mass is 9.97. The first-order chi connectivity index (χ1) is 15.1. The third-order valence-corrected chi connectivity index (χ3v) is 7.42. The number of ether oxygens (including phenoxy) is 5. The quantitative estimate of drug-likeness (QED) is 0.121. The van der Waals surface area contributed by atoms with Crippen molar-refractivity contribution in [2.75, 3.05) is 64.7 Å². The highest BCUT2D eigenvalue weighted by Gasteiger charge is 2.27. The Bertz CT molecular complexity index is 330. The maximum Gasteiger partial charge on any atom is 0.161 e. The Balaban J connectivity index is 4.33. The summed E-state index contributed by atoms with van der Waals surface area (Å²) in [4.78, 5) is 0. The predicted octanol–water partition coefficient (Wildman–Crippen LogP) is 4.83. The van der Waals surface area contributed by atoms with Crippen molar-refractivity contribution in [3.63, 3.8) is 0 Å². The van der Waals surface area contributed by atoms with Crippen molar-refractivity contribution in [3.05, 3.63) is 0 Å². The van der Waals surface area contributed by atoms with E-state index in [1.165, 1.54) is 0 Å². The predicted molar refractivity (Wildman–Crippen MR) is 137 cm³/mol. The van der Waals surface area contributed by atoms with Gasteiger partial charge in [-0.3, -0.25) is 0 Å². The summed E-state index contributed by atoms with van der Waals surface area (Å²) in [6, 6.07) is 0. The van der Waals surface area contributed by atoms with Crippen molar-refractivity contribution >= 4 is 17.2 Å². The number of methoxy groups -OCH3 is 1. The van der Waals surface area contributed by atoms with E-state index in [1.807, 2.05) is 0 Å². The maximum atomic E-state index is 6.15. The summed E-state index contributed by atoms with van der Waals surface area (Å²) in [5.41, 5.74) is 5.92. The van der Waals surface area contributed by atoms with Crippen LogP contribution in [0.1, 0.15) is 66.2 Å². The second-order valence-electron chi connectivity index (χ2n) is 7.84. The second kappa shape index (κ2) is 22.4. The molecule has 0 spiro atoms. The first-order valence-corrected chi connectivity index (χ1v) is 15.1. The molecule has 0 aliphatic carbocycles. The van der Waals surface area contributed by atoms with Gasteiger partial charge >= 0.3 is 0 Å². The van der Waals surface area contributed by atoms with Crippen LogP contribution in [0.15, 0.2) is 0 Å². The molecule has 0 aromatic rings. The van der Waals surface area contributed by atoms with Crippen molar-refractivity contribution in [1.29, 1.82) is 0 Å². The summed E-state index contributed by atoms with van der Waals surface area (Å²) in [5.74, 6) is 0. The van der Waals surface area contributed by atoms with Crippen LogP contribution in [0.5, 0.6) is 0 Å². The summed E-state index contributed by atoms with van der Waals surface area (Å²) in [6.07, 6.45) is 10.00. The number of rotatable bonds is 24. The zero-order chi connectivity index (χ0) is 23.2. The summed E-state index contributed by atoms with van der Waals surface area (Å²) in [6.45, 7) is 12.1. The maximum absolute atomic E-state index is 6.15. The average molecular weight is 484 g/mol. The third-order valence-electron chi connectivity index (χ3n) is 4.97. The minimum Gasteiger partial charge on any atom is -0.377 e. The van der Waals surface area contributed by atoms with Crippen LogP contribution in [0.4, 0.5) is 0 Å². The van der Waals surface area contributed by atoms with E-state index in [4.69, 9.17) is 29.4 Å². The van der Waals surface area contributed by atoms with Crippen molar-refractivity contribution in [2.45, 2.75) is 84.4 Å². The molecule has 0 fully saturated rings. The largest absolute Gasteiger partial charge is 0.377 e. The molecule has 0 saturated carbocycles. The summed E-state index contributed by atoms with van der Waals surface area (Å²) < 4.78 is 29.3. The van der Waals surface area contributed by atoms with Crippen LogP contribution in [0.3, 0.4) is 0 Å². The molecule has 0 aliphatic rings. The summed E-state index contributed by atoms with van der Waals surface area (Å²) in [7, 11) is 3.38. The molecule has 2 unspecified atom stereocenters. The van der Waals surface area contributed by atoms with E-state index in [0.717, 1.165) is 107 Å². The van der Waals surface area contributed by atoms with E-state index in [2.05, 4.69) is 27.7 Å². The van der Waals surface area contributed by atoms with Crippen LogP contribution in [0, 0.1) is 0 Å². The van der Waals surface area contributed by atoms with Gasteiger partial charge < -0.3 is 29.4 Å². The van der Waals surface area contributed by atoms with Gasteiger partial charge in [-0.1, -0.05) is 27.7 Å². The topological polar surface area (TPSA) is 72.2 Å². The Labute approximate surface area is 196 Å². The van der Waals surface area contributed by atoms with Gasteiger partial charge in [-0.15, -0.1) is 17.2 Å². The first-order valence-electron chi connectivity index (χ1n) is 12.2. The van der Waals surface area contributed by atoms with Crippen LogP contribution >= 0.6 is 17.2 Å². The van der Waals surface area contributed by atoms with Gasteiger partial charge in [-0.05, 0) is 50.8 Å². The fourth-order valence-corrected chi connectivity index (χ4v) is 5.63. The monoisotopic (exact) mass is 483 g/mol. The van der Waals surface area contributed by atoms with Crippen molar-refractivity contribution in [2.24, 2.45) is 5.73 Å². The smallest absolute Gasteiger partial charge is 0.161 e.